The van der Waals surface area contributed by atoms with E-state index in [-0.39, 0.29) is 5.91 Å². The van der Waals surface area contributed by atoms with Crippen molar-refractivity contribution in [2.75, 3.05) is 11.6 Å². The molecule has 0 radical (unpaired) electrons. The number of hydrogen-bond donors (Lipinski definition) is 1. The summed E-state index contributed by atoms with van der Waals surface area (Å²) >= 11 is 0. The maximum atomic E-state index is 11.7. The Kier molecular flexibility index (Phi) is 4.68. The van der Waals surface area contributed by atoms with Crippen LogP contribution >= 0.6 is 0 Å². The molecule has 1 aliphatic rings. The van der Waals surface area contributed by atoms with E-state index in [0.717, 1.165) is 31.5 Å². The first-order valence-corrected chi connectivity index (χ1v) is 6.85. The van der Waals surface area contributed by atoms with E-state index in [4.69, 9.17) is 5.73 Å². The Morgan fingerprint density at radius 2 is 2.11 bits per heavy atom. The van der Waals surface area contributed by atoms with E-state index in [9.17, 15) is 4.79 Å². The molecule has 1 aromatic carbocycles. The van der Waals surface area contributed by atoms with Gasteiger partial charge in [0.2, 0.25) is 5.91 Å². The van der Waals surface area contributed by atoms with Crippen molar-refractivity contribution in [2.45, 2.75) is 32.6 Å². The van der Waals surface area contributed by atoms with Crippen LogP contribution in [-0.4, -0.2) is 18.7 Å². The smallest absolute Gasteiger partial charge is 0.247 e. The minimum absolute atomic E-state index is 0.0618. The van der Waals surface area contributed by atoms with Crippen molar-refractivity contribution in [3.63, 3.8) is 0 Å². The number of hydrazone groups is 1. The molecule has 1 heterocycles. The van der Waals surface area contributed by atoms with Crippen molar-refractivity contribution in [3.8, 4) is 0 Å². The quantitative estimate of drug-likeness (QED) is 0.882. The minimum Gasteiger partial charge on any atom is -0.330 e. The molecule has 0 spiro atoms. The van der Waals surface area contributed by atoms with E-state index in [1.807, 2.05) is 12.1 Å². The minimum atomic E-state index is 0.0618. The molecule has 0 saturated carbocycles. The van der Waals surface area contributed by atoms with Gasteiger partial charge in [0, 0.05) is 12.6 Å². The number of anilines is 1. The number of rotatable bonds is 5. The molecule has 4 nitrogen and oxygen atoms in total. The molecule has 2 N–H and O–H groups in total. The molecule has 1 aliphatic heterocycles. The van der Waals surface area contributed by atoms with E-state index in [1.165, 1.54) is 10.6 Å². The van der Waals surface area contributed by atoms with Crippen molar-refractivity contribution in [1.29, 1.82) is 0 Å². The van der Waals surface area contributed by atoms with Crippen LogP contribution < -0.4 is 10.7 Å². The fourth-order valence-electron chi connectivity index (χ4n) is 2.27. The predicted molar refractivity (Wildman–Crippen MR) is 78.2 cm³/mol. The maximum absolute atomic E-state index is 11.7. The van der Waals surface area contributed by atoms with Crippen LogP contribution in [0.25, 0.3) is 0 Å². The van der Waals surface area contributed by atoms with E-state index in [1.54, 1.807) is 6.21 Å². The Morgan fingerprint density at radius 1 is 1.37 bits per heavy atom. The summed E-state index contributed by atoms with van der Waals surface area (Å²) < 4.78 is 0. The fraction of sp³-hybridized carbons (Fsp3) is 0.467. The number of carbonyl (C=O) groups excluding carboxylic acids is 1. The fourth-order valence-corrected chi connectivity index (χ4v) is 2.27. The van der Waals surface area contributed by atoms with Gasteiger partial charge in [-0.2, -0.15) is 5.10 Å². The van der Waals surface area contributed by atoms with E-state index < -0.39 is 0 Å². The van der Waals surface area contributed by atoms with Gasteiger partial charge >= 0.3 is 0 Å². The van der Waals surface area contributed by atoms with E-state index in [0.29, 0.717) is 12.3 Å². The highest BCUT2D eigenvalue weighted by atomic mass is 16.2. The van der Waals surface area contributed by atoms with Crippen LogP contribution in [0.3, 0.4) is 0 Å². The third kappa shape index (κ3) is 3.64. The van der Waals surface area contributed by atoms with Crippen LogP contribution in [0, 0.1) is 5.92 Å². The SMILES string of the molecule is CC(CCN)Cc1ccc(N2N=CCCC2=O)cc1. The summed E-state index contributed by atoms with van der Waals surface area (Å²) in [6, 6.07) is 8.07. The predicted octanol–water partition coefficient (Wildman–Crippen LogP) is 2.33. The molecular weight excluding hydrogens is 238 g/mol. The molecule has 0 fully saturated rings. The number of benzene rings is 1. The Balaban J connectivity index is 2.03. The van der Waals surface area contributed by atoms with Crippen LogP contribution in [0.5, 0.6) is 0 Å². The molecule has 0 saturated heterocycles. The van der Waals surface area contributed by atoms with Crippen LogP contribution in [-0.2, 0) is 11.2 Å². The molecule has 4 heteroatoms. The topological polar surface area (TPSA) is 58.7 Å². The van der Waals surface area contributed by atoms with Gasteiger partial charge in [-0.05, 0) is 49.4 Å². The van der Waals surface area contributed by atoms with Crippen molar-refractivity contribution in [1.82, 2.24) is 0 Å². The van der Waals surface area contributed by atoms with Gasteiger partial charge in [0.1, 0.15) is 0 Å². The van der Waals surface area contributed by atoms with Gasteiger partial charge in [-0.15, -0.1) is 0 Å². The highest BCUT2D eigenvalue weighted by Gasteiger charge is 2.17. The zero-order chi connectivity index (χ0) is 13.7. The van der Waals surface area contributed by atoms with Crippen molar-refractivity contribution in [2.24, 2.45) is 16.8 Å². The zero-order valence-electron chi connectivity index (χ0n) is 11.4. The molecule has 1 atom stereocenters. The summed E-state index contributed by atoms with van der Waals surface area (Å²) in [6.07, 6.45) is 5.13. The maximum Gasteiger partial charge on any atom is 0.247 e. The highest BCUT2D eigenvalue weighted by Crippen LogP contribution is 2.20. The second-order valence-corrected chi connectivity index (χ2v) is 5.10. The monoisotopic (exact) mass is 259 g/mol. The van der Waals surface area contributed by atoms with Crippen molar-refractivity contribution < 1.29 is 4.79 Å². The third-order valence-corrected chi connectivity index (χ3v) is 3.35. The molecule has 0 bridgehead atoms. The van der Waals surface area contributed by atoms with Crippen LogP contribution in [0.1, 0.15) is 31.7 Å². The lowest BCUT2D eigenvalue weighted by molar-refractivity contribution is -0.118. The van der Waals surface area contributed by atoms with Crippen molar-refractivity contribution in [3.05, 3.63) is 29.8 Å². The van der Waals surface area contributed by atoms with Gasteiger partial charge in [-0.1, -0.05) is 19.1 Å². The summed E-state index contributed by atoms with van der Waals surface area (Å²) in [5.41, 5.74) is 7.68. The largest absolute Gasteiger partial charge is 0.330 e. The highest BCUT2D eigenvalue weighted by molar-refractivity contribution is 5.96. The molecule has 2 rings (SSSR count). The van der Waals surface area contributed by atoms with Gasteiger partial charge in [0.15, 0.2) is 0 Å². The lowest BCUT2D eigenvalue weighted by Crippen LogP contribution is -2.28. The summed E-state index contributed by atoms with van der Waals surface area (Å²) in [4.78, 5) is 11.7. The summed E-state index contributed by atoms with van der Waals surface area (Å²) in [5.74, 6) is 0.650. The molecule has 1 amide bonds. The molecule has 0 aliphatic carbocycles. The molecule has 19 heavy (non-hydrogen) atoms. The summed E-state index contributed by atoms with van der Waals surface area (Å²) in [5, 5.41) is 5.63. The normalized spacial score (nSPS) is 16.7. The standard InChI is InChI=1S/C15H21N3O/c1-12(8-9-16)11-13-4-6-14(7-5-13)18-15(19)3-2-10-17-18/h4-7,10,12H,2-3,8-9,11,16H2,1H3. The van der Waals surface area contributed by atoms with Gasteiger partial charge in [-0.25, -0.2) is 5.01 Å². The van der Waals surface area contributed by atoms with Gasteiger partial charge < -0.3 is 5.73 Å². The van der Waals surface area contributed by atoms with Crippen LogP contribution in [0.4, 0.5) is 5.69 Å². The summed E-state index contributed by atoms with van der Waals surface area (Å²) in [6.45, 7) is 2.94. The molecule has 1 aromatic rings. The number of nitrogens with two attached hydrogens (primary N) is 1. The lowest BCUT2D eigenvalue weighted by atomic mass is 9.98. The number of hydrogen-bond acceptors (Lipinski definition) is 3. The molecule has 1 unspecified atom stereocenters. The Bertz CT molecular complexity index is 453. The zero-order valence-corrected chi connectivity index (χ0v) is 11.4. The first-order chi connectivity index (χ1) is 9.20. The first kappa shape index (κ1) is 13.7. The van der Waals surface area contributed by atoms with E-state index in [2.05, 4.69) is 24.2 Å². The Hall–Kier alpha value is -1.68. The number of carbonyl (C=O) groups is 1. The average Bonchev–Trinajstić information content (AvgIpc) is 2.41. The van der Waals surface area contributed by atoms with Crippen molar-refractivity contribution >= 4 is 17.8 Å². The van der Waals surface area contributed by atoms with E-state index >= 15 is 0 Å². The molecular formula is C15H21N3O. The van der Waals surface area contributed by atoms with Crippen LogP contribution in [0.2, 0.25) is 0 Å². The second-order valence-electron chi connectivity index (χ2n) is 5.10. The molecule has 102 valence electrons. The Labute approximate surface area is 114 Å². The molecule has 0 aromatic heterocycles. The second kappa shape index (κ2) is 6.48. The van der Waals surface area contributed by atoms with Gasteiger partial charge in [0.25, 0.3) is 0 Å². The number of nitrogens with zero attached hydrogens (tertiary/aromatic N) is 2. The average molecular weight is 259 g/mol. The number of amides is 1. The lowest BCUT2D eigenvalue weighted by Gasteiger charge is -2.20. The third-order valence-electron chi connectivity index (χ3n) is 3.35. The van der Waals surface area contributed by atoms with Gasteiger partial charge in [-0.3, -0.25) is 4.79 Å². The first-order valence-electron chi connectivity index (χ1n) is 6.85. The van der Waals surface area contributed by atoms with Gasteiger partial charge in [0.05, 0.1) is 5.69 Å². The summed E-state index contributed by atoms with van der Waals surface area (Å²) in [7, 11) is 0. The Morgan fingerprint density at radius 3 is 2.74 bits per heavy atom. The van der Waals surface area contributed by atoms with Crippen LogP contribution in [0.15, 0.2) is 29.4 Å².